The van der Waals surface area contributed by atoms with E-state index in [0.29, 0.717) is 18.4 Å². The van der Waals surface area contributed by atoms with Gasteiger partial charge >= 0.3 is 5.97 Å². The van der Waals surface area contributed by atoms with Crippen LogP contribution >= 0.6 is 0 Å². The highest BCUT2D eigenvalue weighted by molar-refractivity contribution is 5.76. The maximum atomic E-state index is 11.7. The number of rotatable bonds is 5. The first kappa shape index (κ1) is 16.0. The zero-order valence-electron chi connectivity index (χ0n) is 13.5. The number of nitrogens with zero attached hydrogens (tertiary/aromatic N) is 2. The van der Waals surface area contributed by atoms with E-state index in [1.165, 1.54) is 12.8 Å². The van der Waals surface area contributed by atoms with E-state index < -0.39 is 5.92 Å². The van der Waals surface area contributed by atoms with Crippen molar-refractivity contribution < 1.29 is 14.1 Å². The Balaban J connectivity index is 1.96. The second-order valence-electron chi connectivity index (χ2n) is 6.32. The van der Waals surface area contributed by atoms with Crippen molar-refractivity contribution in [1.82, 2.24) is 10.1 Å². The average Bonchev–Trinajstić information content (AvgIpc) is 2.96. The summed E-state index contributed by atoms with van der Waals surface area (Å²) in [6.07, 6.45) is 4.66. The Morgan fingerprint density at radius 3 is 2.52 bits per heavy atom. The molecule has 0 amide bonds. The molecule has 118 valence electrons. The summed E-state index contributed by atoms with van der Waals surface area (Å²) in [5.41, 5.74) is 0. The minimum absolute atomic E-state index is 0.309. The number of esters is 1. The van der Waals surface area contributed by atoms with Crippen molar-refractivity contribution in [2.24, 2.45) is 11.8 Å². The van der Waals surface area contributed by atoms with Gasteiger partial charge in [-0.05, 0) is 51.4 Å². The van der Waals surface area contributed by atoms with Gasteiger partial charge in [0.15, 0.2) is 5.82 Å². The lowest BCUT2D eigenvalue weighted by Crippen LogP contribution is -2.18. The molecule has 1 heterocycles. The number of carbonyl (C=O) groups excluding carboxylic acids is 1. The molecule has 2 rings (SSSR count). The minimum Gasteiger partial charge on any atom is -0.465 e. The number of hydrogen-bond acceptors (Lipinski definition) is 5. The molecule has 1 atom stereocenters. The second-order valence-corrected chi connectivity index (χ2v) is 6.32. The van der Waals surface area contributed by atoms with Crippen molar-refractivity contribution in [1.29, 1.82) is 0 Å². The highest BCUT2D eigenvalue weighted by atomic mass is 16.5. The van der Waals surface area contributed by atoms with Gasteiger partial charge in [0, 0.05) is 5.92 Å². The molecule has 0 saturated heterocycles. The van der Waals surface area contributed by atoms with Crippen molar-refractivity contribution in [3.8, 4) is 0 Å². The lowest BCUT2D eigenvalue weighted by atomic mass is 9.77. The van der Waals surface area contributed by atoms with Crippen LogP contribution in [0.3, 0.4) is 0 Å². The van der Waals surface area contributed by atoms with E-state index in [-0.39, 0.29) is 5.97 Å². The first-order valence-corrected chi connectivity index (χ1v) is 8.03. The molecule has 5 nitrogen and oxygen atoms in total. The molecule has 0 bridgehead atoms. The van der Waals surface area contributed by atoms with Crippen LogP contribution in [0.15, 0.2) is 4.52 Å². The third-order valence-corrected chi connectivity index (χ3v) is 4.55. The second kappa shape index (κ2) is 7.05. The Morgan fingerprint density at radius 2 is 1.95 bits per heavy atom. The molecule has 0 spiro atoms. The first-order valence-electron chi connectivity index (χ1n) is 8.03. The van der Waals surface area contributed by atoms with Crippen LogP contribution in [-0.2, 0) is 9.53 Å². The first-order chi connectivity index (χ1) is 10.0. The minimum atomic E-state index is -0.488. The topological polar surface area (TPSA) is 65.2 Å². The summed E-state index contributed by atoms with van der Waals surface area (Å²) in [6.45, 7) is 8.47. The summed E-state index contributed by atoms with van der Waals surface area (Å²) in [5, 5.41) is 4.08. The van der Waals surface area contributed by atoms with E-state index in [2.05, 4.69) is 24.0 Å². The Morgan fingerprint density at radius 1 is 1.29 bits per heavy atom. The summed E-state index contributed by atoms with van der Waals surface area (Å²) in [5.74, 6) is 2.25. The summed E-state index contributed by atoms with van der Waals surface area (Å²) >= 11 is 0. The predicted octanol–water partition coefficient (Wildman–Crippen LogP) is 3.67. The summed E-state index contributed by atoms with van der Waals surface area (Å²) in [6, 6.07) is 0. The summed E-state index contributed by atoms with van der Waals surface area (Å²) in [7, 11) is 0. The summed E-state index contributed by atoms with van der Waals surface area (Å²) < 4.78 is 10.2. The standard InChI is InChI=1S/C16H26N2O3/c1-5-20-16(19)11(4)15-17-14(18-21-15)13-8-6-12(7-9-13)10(2)3/h10-13H,5-9H2,1-4H3. The Labute approximate surface area is 126 Å². The number of carbonyl (C=O) groups is 1. The Hall–Kier alpha value is -1.39. The number of aromatic nitrogens is 2. The largest absolute Gasteiger partial charge is 0.465 e. The molecule has 21 heavy (non-hydrogen) atoms. The van der Waals surface area contributed by atoms with Crippen molar-refractivity contribution in [3.05, 3.63) is 11.7 Å². The molecule has 1 aromatic rings. The predicted molar refractivity (Wildman–Crippen MR) is 78.9 cm³/mol. The molecule has 0 aromatic carbocycles. The monoisotopic (exact) mass is 294 g/mol. The molecule has 0 N–H and O–H groups in total. The van der Waals surface area contributed by atoms with E-state index in [1.807, 2.05) is 0 Å². The number of hydrogen-bond donors (Lipinski definition) is 0. The van der Waals surface area contributed by atoms with Crippen LogP contribution in [0.25, 0.3) is 0 Å². The van der Waals surface area contributed by atoms with Gasteiger partial charge in [0.1, 0.15) is 5.92 Å². The third-order valence-electron chi connectivity index (χ3n) is 4.55. The highest BCUT2D eigenvalue weighted by Crippen LogP contribution is 2.37. The maximum absolute atomic E-state index is 11.7. The summed E-state index contributed by atoms with van der Waals surface area (Å²) in [4.78, 5) is 16.1. The number of ether oxygens (including phenoxy) is 1. The van der Waals surface area contributed by atoms with Gasteiger partial charge in [0.25, 0.3) is 0 Å². The fraction of sp³-hybridized carbons (Fsp3) is 0.812. The fourth-order valence-electron chi connectivity index (χ4n) is 3.00. The molecule has 0 radical (unpaired) electrons. The SMILES string of the molecule is CCOC(=O)C(C)c1nc(C2CCC(C(C)C)CC2)no1. The zero-order valence-corrected chi connectivity index (χ0v) is 13.5. The van der Waals surface area contributed by atoms with Crippen LogP contribution in [0, 0.1) is 11.8 Å². The van der Waals surface area contributed by atoms with E-state index in [1.54, 1.807) is 13.8 Å². The van der Waals surface area contributed by atoms with Gasteiger partial charge < -0.3 is 9.26 Å². The normalized spacial score (nSPS) is 24.0. The highest BCUT2D eigenvalue weighted by Gasteiger charge is 2.29. The van der Waals surface area contributed by atoms with Gasteiger partial charge in [-0.3, -0.25) is 4.79 Å². The lowest BCUT2D eigenvalue weighted by Gasteiger charge is -2.29. The van der Waals surface area contributed by atoms with E-state index in [0.717, 1.165) is 30.5 Å². The molecule has 1 aliphatic carbocycles. The molecule has 1 unspecified atom stereocenters. The molecule has 1 aromatic heterocycles. The quantitative estimate of drug-likeness (QED) is 0.775. The van der Waals surface area contributed by atoms with Crippen LogP contribution in [0.4, 0.5) is 0 Å². The molecule has 1 aliphatic rings. The van der Waals surface area contributed by atoms with Crippen LogP contribution in [0.2, 0.25) is 0 Å². The van der Waals surface area contributed by atoms with Crippen LogP contribution in [0.1, 0.15) is 76.9 Å². The average molecular weight is 294 g/mol. The molecule has 1 saturated carbocycles. The van der Waals surface area contributed by atoms with Crippen molar-refractivity contribution in [2.75, 3.05) is 6.61 Å². The Kier molecular flexibility index (Phi) is 5.37. The van der Waals surface area contributed by atoms with Gasteiger partial charge in [-0.15, -0.1) is 0 Å². The van der Waals surface area contributed by atoms with Gasteiger partial charge in [0.05, 0.1) is 6.61 Å². The lowest BCUT2D eigenvalue weighted by molar-refractivity contribution is -0.145. The molecule has 1 fully saturated rings. The molecule has 0 aliphatic heterocycles. The van der Waals surface area contributed by atoms with Crippen LogP contribution in [0.5, 0.6) is 0 Å². The van der Waals surface area contributed by atoms with Crippen LogP contribution in [-0.4, -0.2) is 22.7 Å². The fourth-order valence-corrected chi connectivity index (χ4v) is 3.00. The van der Waals surface area contributed by atoms with E-state index in [9.17, 15) is 4.79 Å². The molecular weight excluding hydrogens is 268 g/mol. The maximum Gasteiger partial charge on any atom is 0.318 e. The van der Waals surface area contributed by atoms with E-state index in [4.69, 9.17) is 9.26 Å². The van der Waals surface area contributed by atoms with Crippen LogP contribution < -0.4 is 0 Å². The van der Waals surface area contributed by atoms with Gasteiger partial charge in [-0.1, -0.05) is 19.0 Å². The smallest absolute Gasteiger partial charge is 0.318 e. The molecule has 5 heteroatoms. The van der Waals surface area contributed by atoms with Crippen molar-refractivity contribution in [3.63, 3.8) is 0 Å². The van der Waals surface area contributed by atoms with Gasteiger partial charge in [-0.25, -0.2) is 0 Å². The van der Waals surface area contributed by atoms with Crippen molar-refractivity contribution >= 4 is 5.97 Å². The molecular formula is C16H26N2O3. The zero-order chi connectivity index (χ0) is 15.4. The van der Waals surface area contributed by atoms with Crippen molar-refractivity contribution in [2.45, 2.75) is 65.2 Å². The Bertz CT molecular complexity index is 462. The third kappa shape index (κ3) is 3.83. The van der Waals surface area contributed by atoms with Gasteiger partial charge in [-0.2, -0.15) is 4.98 Å². The van der Waals surface area contributed by atoms with Gasteiger partial charge in [0.2, 0.25) is 5.89 Å². The van der Waals surface area contributed by atoms with E-state index >= 15 is 0 Å².